The molecule has 1 aromatic carbocycles. The molecule has 1 unspecified atom stereocenters. The Hall–Kier alpha value is -0.120. The van der Waals surface area contributed by atoms with Crippen LogP contribution in [0.15, 0.2) is 16.6 Å². The summed E-state index contributed by atoms with van der Waals surface area (Å²) in [6.07, 6.45) is 0.645. The Kier molecular flexibility index (Phi) is 5.22. The van der Waals surface area contributed by atoms with Crippen molar-refractivity contribution in [3.8, 4) is 0 Å². The lowest BCUT2D eigenvalue weighted by Crippen LogP contribution is -2.15. The van der Waals surface area contributed by atoms with Gasteiger partial charge in [0.1, 0.15) is 5.82 Å². The molecule has 0 aliphatic carbocycles. The highest BCUT2D eigenvalue weighted by Crippen LogP contribution is 2.28. The summed E-state index contributed by atoms with van der Waals surface area (Å²) in [6.45, 7) is 3.88. The monoisotopic (exact) mass is 308 g/mol. The van der Waals surface area contributed by atoms with Gasteiger partial charge in [0, 0.05) is 4.47 Å². The first-order valence-corrected chi connectivity index (χ1v) is 6.41. The molecule has 0 saturated carbocycles. The van der Waals surface area contributed by atoms with Crippen LogP contribution in [0, 0.1) is 11.7 Å². The van der Waals surface area contributed by atoms with Crippen LogP contribution in [0.25, 0.3) is 0 Å². The molecule has 0 radical (unpaired) electrons. The lowest BCUT2D eigenvalue weighted by atomic mass is 9.99. The second-order valence-corrected chi connectivity index (χ2v) is 5.42. The summed E-state index contributed by atoms with van der Waals surface area (Å²) in [5, 5.41) is 9.75. The number of aliphatic hydroxyl groups excluding tert-OH is 1. The highest BCUT2D eigenvalue weighted by atomic mass is 79.9. The van der Waals surface area contributed by atoms with Crippen molar-refractivity contribution in [2.45, 2.75) is 32.8 Å². The van der Waals surface area contributed by atoms with Gasteiger partial charge in [0.05, 0.1) is 11.1 Å². The zero-order chi connectivity index (χ0) is 12.3. The number of benzene rings is 1. The lowest BCUT2D eigenvalue weighted by Gasteiger charge is -2.14. The molecule has 1 N–H and O–H groups in total. The van der Waals surface area contributed by atoms with Gasteiger partial charge < -0.3 is 5.11 Å². The Morgan fingerprint density at radius 1 is 1.44 bits per heavy atom. The third kappa shape index (κ3) is 3.44. The van der Waals surface area contributed by atoms with Crippen LogP contribution in [-0.2, 0) is 6.42 Å². The van der Waals surface area contributed by atoms with Crippen LogP contribution in [0.1, 0.15) is 25.8 Å². The standard InChI is InChI=1S/C12H15BrClFO/c1-7(2)10(16)6-4-8-3-5-9(13)11(14)12(8)15/h3,5,7,10,16H,4,6H2,1-2H3. The van der Waals surface area contributed by atoms with E-state index in [0.29, 0.717) is 22.9 Å². The van der Waals surface area contributed by atoms with Crippen LogP contribution in [0.5, 0.6) is 0 Å². The third-order valence-corrected chi connectivity index (χ3v) is 3.85. The van der Waals surface area contributed by atoms with E-state index in [4.69, 9.17) is 11.6 Å². The van der Waals surface area contributed by atoms with Gasteiger partial charge in [-0.2, -0.15) is 0 Å². The molecular formula is C12H15BrClFO. The largest absolute Gasteiger partial charge is 0.393 e. The molecule has 1 rings (SSSR count). The molecule has 0 fully saturated rings. The fourth-order valence-corrected chi connectivity index (χ4v) is 1.89. The van der Waals surface area contributed by atoms with Gasteiger partial charge in [-0.3, -0.25) is 0 Å². The normalized spacial score (nSPS) is 13.2. The Morgan fingerprint density at radius 2 is 2.06 bits per heavy atom. The van der Waals surface area contributed by atoms with Crippen molar-refractivity contribution in [3.05, 3.63) is 33.0 Å². The van der Waals surface area contributed by atoms with E-state index in [0.717, 1.165) is 0 Å². The minimum Gasteiger partial charge on any atom is -0.393 e. The molecule has 1 aromatic rings. The fraction of sp³-hybridized carbons (Fsp3) is 0.500. The van der Waals surface area contributed by atoms with Crippen molar-refractivity contribution < 1.29 is 9.50 Å². The van der Waals surface area contributed by atoms with Crippen LogP contribution in [0.2, 0.25) is 5.02 Å². The molecule has 16 heavy (non-hydrogen) atoms. The van der Waals surface area contributed by atoms with E-state index in [1.165, 1.54) is 0 Å². The molecule has 0 saturated heterocycles. The number of aryl methyl sites for hydroxylation is 1. The van der Waals surface area contributed by atoms with Crippen LogP contribution in [0.4, 0.5) is 4.39 Å². The molecule has 1 nitrogen and oxygen atoms in total. The third-order valence-electron chi connectivity index (χ3n) is 2.59. The highest BCUT2D eigenvalue weighted by molar-refractivity contribution is 9.10. The molecule has 0 aliphatic heterocycles. The van der Waals surface area contributed by atoms with Crippen LogP contribution < -0.4 is 0 Å². The minimum absolute atomic E-state index is 0.108. The smallest absolute Gasteiger partial charge is 0.146 e. The average Bonchev–Trinajstić information content (AvgIpc) is 2.24. The minimum atomic E-state index is -0.401. The summed E-state index contributed by atoms with van der Waals surface area (Å²) < 4.78 is 14.2. The molecule has 1 atom stereocenters. The number of halogens is 3. The van der Waals surface area contributed by atoms with Gasteiger partial charge in [-0.05, 0) is 46.3 Å². The topological polar surface area (TPSA) is 20.2 Å². The van der Waals surface area contributed by atoms with E-state index >= 15 is 0 Å². The maximum absolute atomic E-state index is 13.7. The van der Waals surface area contributed by atoms with Crippen LogP contribution >= 0.6 is 27.5 Å². The molecule has 90 valence electrons. The molecule has 0 aliphatic rings. The van der Waals surface area contributed by atoms with Gasteiger partial charge in [0.2, 0.25) is 0 Å². The van der Waals surface area contributed by atoms with Gasteiger partial charge >= 0.3 is 0 Å². The SMILES string of the molecule is CC(C)C(O)CCc1ccc(Br)c(Cl)c1F. The summed E-state index contributed by atoms with van der Waals surface area (Å²) in [5.74, 6) is -0.207. The summed E-state index contributed by atoms with van der Waals surface area (Å²) in [6, 6.07) is 3.42. The second kappa shape index (κ2) is 5.99. The van der Waals surface area contributed by atoms with Gasteiger partial charge in [0.15, 0.2) is 0 Å². The summed E-state index contributed by atoms with van der Waals surface area (Å²) in [5.41, 5.74) is 0.549. The van der Waals surface area contributed by atoms with E-state index in [1.54, 1.807) is 12.1 Å². The summed E-state index contributed by atoms with van der Waals surface area (Å²) >= 11 is 8.94. The molecule has 0 amide bonds. The lowest BCUT2D eigenvalue weighted by molar-refractivity contribution is 0.116. The van der Waals surface area contributed by atoms with Crippen molar-refractivity contribution in [2.24, 2.45) is 5.92 Å². The van der Waals surface area contributed by atoms with Crippen LogP contribution in [-0.4, -0.2) is 11.2 Å². The Labute approximate surface area is 109 Å². The van der Waals surface area contributed by atoms with Crippen molar-refractivity contribution in [1.29, 1.82) is 0 Å². The number of hydrogen-bond acceptors (Lipinski definition) is 1. The Morgan fingerprint density at radius 3 is 2.62 bits per heavy atom. The van der Waals surface area contributed by atoms with Crippen molar-refractivity contribution in [1.82, 2.24) is 0 Å². The fourth-order valence-electron chi connectivity index (χ4n) is 1.40. The predicted molar refractivity (Wildman–Crippen MR) is 68.3 cm³/mol. The predicted octanol–water partition coefficient (Wildman–Crippen LogP) is 4.19. The van der Waals surface area contributed by atoms with Gasteiger partial charge in [-0.15, -0.1) is 0 Å². The quantitative estimate of drug-likeness (QED) is 0.827. The molecule has 0 heterocycles. The number of hydrogen-bond donors (Lipinski definition) is 1. The van der Waals surface area contributed by atoms with E-state index < -0.39 is 11.9 Å². The first kappa shape index (κ1) is 13.9. The summed E-state index contributed by atoms with van der Waals surface area (Å²) in [7, 11) is 0. The Bertz CT molecular complexity index is 368. The first-order valence-electron chi connectivity index (χ1n) is 5.24. The van der Waals surface area contributed by atoms with E-state index in [1.807, 2.05) is 13.8 Å². The van der Waals surface area contributed by atoms with E-state index in [2.05, 4.69) is 15.9 Å². The molecule has 0 aromatic heterocycles. The van der Waals surface area contributed by atoms with Crippen molar-refractivity contribution >= 4 is 27.5 Å². The zero-order valence-corrected chi connectivity index (χ0v) is 11.6. The first-order chi connectivity index (χ1) is 7.43. The zero-order valence-electron chi connectivity index (χ0n) is 9.30. The Balaban J connectivity index is 2.72. The number of aliphatic hydroxyl groups is 1. The van der Waals surface area contributed by atoms with Gasteiger partial charge in [-0.25, -0.2) is 4.39 Å². The maximum Gasteiger partial charge on any atom is 0.146 e. The second-order valence-electron chi connectivity index (χ2n) is 4.18. The number of rotatable bonds is 4. The van der Waals surface area contributed by atoms with E-state index in [9.17, 15) is 9.50 Å². The van der Waals surface area contributed by atoms with Gasteiger partial charge in [0.25, 0.3) is 0 Å². The van der Waals surface area contributed by atoms with E-state index in [-0.39, 0.29) is 10.9 Å². The molecular weight excluding hydrogens is 294 g/mol. The van der Waals surface area contributed by atoms with Crippen molar-refractivity contribution in [2.75, 3.05) is 0 Å². The molecule has 0 bridgehead atoms. The van der Waals surface area contributed by atoms with Gasteiger partial charge in [-0.1, -0.05) is 31.5 Å². The highest BCUT2D eigenvalue weighted by Gasteiger charge is 2.13. The summed E-state index contributed by atoms with van der Waals surface area (Å²) in [4.78, 5) is 0. The molecule has 4 heteroatoms. The average molecular weight is 310 g/mol. The maximum atomic E-state index is 13.7. The molecule has 0 spiro atoms. The van der Waals surface area contributed by atoms with Crippen molar-refractivity contribution in [3.63, 3.8) is 0 Å². The van der Waals surface area contributed by atoms with Crippen LogP contribution in [0.3, 0.4) is 0 Å².